The summed E-state index contributed by atoms with van der Waals surface area (Å²) in [5, 5.41) is 3.49. The van der Waals surface area contributed by atoms with Gasteiger partial charge in [-0.3, -0.25) is 9.69 Å². The first-order valence-electron chi connectivity index (χ1n) is 7.51. The van der Waals surface area contributed by atoms with E-state index in [-0.39, 0.29) is 5.91 Å². The van der Waals surface area contributed by atoms with E-state index in [1.54, 1.807) is 11.8 Å². The molecule has 0 saturated carbocycles. The van der Waals surface area contributed by atoms with Gasteiger partial charge < -0.3 is 10.1 Å². The lowest BCUT2D eigenvalue weighted by Crippen LogP contribution is -2.41. The Morgan fingerprint density at radius 3 is 2.76 bits per heavy atom. The van der Waals surface area contributed by atoms with E-state index in [0.717, 1.165) is 43.3 Å². The van der Waals surface area contributed by atoms with Crippen LogP contribution >= 0.6 is 11.8 Å². The molecule has 2 rings (SSSR count). The first-order valence-corrected chi connectivity index (χ1v) is 8.39. The van der Waals surface area contributed by atoms with Crippen molar-refractivity contribution in [2.75, 3.05) is 39.4 Å². The van der Waals surface area contributed by atoms with Gasteiger partial charge in [-0.2, -0.15) is 0 Å². The summed E-state index contributed by atoms with van der Waals surface area (Å²) >= 11 is 1.73. The zero-order valence-corrected chi connectivity index (χ0v) is 13.6. The summed E-state index contributed by atoms with van der Waals surface area (Å²) in [6, 6.07) is 7.81. The Hall–Kier alpha value is -1.04. The average molecular weight is 308 g/mol. The van der Waals surface area contributed by atoms with Crippen LogP contribution in [0.5, 0.6) is 0 Å². The Bertz CT molecular complexity index is 459. The normalized spacial score (nSPS) is 16.1. The van der Waals surface area contributed by atoms with Gasteiger partial charge in [0.2, 0.25) is 0 Å². The highest BCUT2D eigenvalue weighted by molar-refractivity contribution is 8.00. The number of ether oxygens (including phenoxy) is 1. The number of hydrogen-bond acceptors (Lipinski definition) is 4. The molecular weight excluding hydrogens is 284 g/mol. The summed E-state index contributed by atoms with van der Waals surface area (Å²) in [7, 11) is 0. The van der Waals surface area contributed by atoms with Crippen molar-refractivity contribution in [3.8, 4) is 0 Å². The van der Waals surface area contributed by atoms with Gasteiger partial charge in [0.05, 0.1) is 18.8 Å². The van der Waals surface area contributed by atoms with E-state index in [1.165, 1.54) is 0 Å². The first-order chi connectivity index (χ1) is 10.2. The number of amides is 1. The third-order valence-electron chi connectivity index (χ3n) is 3.31. The van der Waals surface area contributed by atoms with Crippen molar-refractivity contribution in [3.05, 3.63) is 29.8 Å². The molecule has 5 heteroatoms. The van der Waals surface area contributed by atoms with Crippen LogP contribution in [0.15, 0.2) is 29.2 Å². The van der Waals surface area contributed by atoms with Crippen LogP contribution in [0.3, 0.4) is 0 Å². The molecule has 116 valence electrons. The van der Waals surface area contributed by atoms with Crippen molar-refractivity contribution in [1.29, 1.82) is 0 Å². The van der Waals surface area contributed by atoms with Gasteiger partial charge in [-0.25, -0.2) is 0 Å². The molecule has 1 aliphatic rings. The van der Waals surface area contributed by atoms with Crippen LogP contribution in [0.1, 0.15) is 24.2 Å². The maximum atomic E-state index is 12.3. The highest BCUT2D eigenvalue weighted by Crippen LogP contribution is 2.26. The maximum absolute atomic E-state index is 12.3. The van der Waals surface area contributed by atoms with Crippen molar-refractivity contribution in [3.63, 3.8) is 0 Å². The van der Waals surface area contributed by atoms with Gasteiger partial charge in [-0.15, -0.1) is 11.8 Å². The summed E-state index contributed by atoms with van der Waals surface area (Å²) in [5.41, 5.74) is 0.776. The molecule has 0 aromatic heterocycles. The van der Waals surface area contributed by atoms with Crippen LogP contribution in [0.4, 0.5) is 0 Å². The third kappa shape index (κ3) is 5.34. The van der Waals surface area contributed by atoms with Gasteiger partial charge in [-0.05, 0) is 12.1 Å². The average Bonchev–Trinajstić information content (AvgIpc) is 2.48. The Morgan fingerprint density at radius 1 is 1.33 bits per heavy atom. The molecule has 0 unspecified atom stereocenters. The molecule has 1 amide bonds. The lowest BCUT2D eigenvalue weighted by Gasteiger charge is -2.26. The maximum Gasteiger partial charge on any atom is 0.252 e. The number of rotatable bonds is 6. The number of nitrogens with one attached hydrogen (secondary N) is 1. The molecule has 1 aromatic carbocycles. The molecule has 0 atom stereocenters. The van der Waals surface area contributed by atoms with Crippen molar-refractivity contribution in [2.24, 2.45) is 0 Å². The standard InChI is InChI=1S/C16H24N2O2S/c1-13(2)21-15-6-4-3-5-14(15)16(19)17-7-8-18-9-11-20-12-10-18/h3-6,13H,7-12H2,1-2H3,(H,17,19). The molecule has 1 saturated heterocycles. The van der Waals surface area contributed by atoms with Crippen molar-refractivity contribution < 1.29 is 9.53 Å². The Balaban J connectivity index is 1.85. The Kier molecular flexibility index (Phi) is 6.54. The molecule has 1 N–H and O–H groups in total. The second-order valence-electron chi connectivity index (χ2n) is 5.37. The van der Waals surface area contributed by atoms with E-state index >= 15 is 0 Å². The smallest absolute Gasteiger partial charge is 0.252 e. The molecule has 1 fully saturated rings. The molecule has 1 aromatic rings. The van der Waals surface area contributed by atoms with E-state index in [2.05, 4.69) is 24.1 Å². The second-order valence-corrected chi connectivity index (χ2v) is 6.99. The van der Waals surface area contributed by atoms with E-state index in [0.29, 0.717) is 11.8 Å². The quantitative estimate of drug-likeness (QED) is 0.819. The fourth-order valence-corrected chi connectivity index (χ4v) is 3.21. The van der Waals surface area contributed by atoms with Gasteiger partial charge in [0.15, 0.2) is 0 Å². The Labute approximate surface area is 131 Å². The number of benzene rings is 1. The topological polar surface area (TPSA) is 41.6 Å². The summed E-state index contributed by atoms with van der Waals surface area (Å²) in [5.74, 6) is 0.0204. The van der Waals surface area contributed by atoms with Crippen LogP contribution in [-0.2, 0) is 4.74 Å². The molecule has 0 radical (unpaired) electrons. The minimum absolute atomic E-state index is 0.0204. The fourth-order valence-electron chi connectivity index (χ4n) is 2.26. The van der Waals surface area contributed by atoms with Crippen LogP contribution in [0, 0.1) is 0 Å². The summed E-state index contributed by atoms with van der Waals surface area (Å²) < 4.78 is 5.32. The van der Waals surface area contributed by atoms with E-state index in [4.69, 9.17) is 4.74 Å². The summed E-state index contributed by atoms with van der Waals surface area (Å²) in [4.78, 5) is 15.7. The predicted molar refractivity (Wildman–Crippen MR) is 87.0 cm³/mol. The minimum atomic E-state index is 0.0204. The number of carbonyl (C=O) groups excluding carboxylic acids is 1. The number of carbonyl (C=O) groups is 1. The highest BCUT2D eigenvalue weighted by Gasteiger charge is 2.13. The monoisotopic (exact) mass is 308 g/mol. The van der Waals surface area contributed by atoms with Gasteiger partial charge >= 0.3 is 0 Å². The van der Waals surface area contributed by atoms with Crippen LogP contribution in [0.25, 0.3) is 0 Å². The summed E-state index contributed by atoms with van der Waals surface area (Å²) in [6.07, 6.45) is 0. The molecular formula is C16H24N2O2S. The molecule has 0 spiro atoms. The van der Waals surface area contributed by atoms with Crippen LogP contribution in [0.2, 0.25) is 0 Å². The molecule has 1 heterocycles. The van der Waals surface area contributed by atoms with E-state index in [1.807, 2.05) is 24.3 Å². The highest BCUT2D eigenvalue weighted by atomic mass is 32.2. The SMILES string of the molecule is CC(C)Sc1ccccc1C(=O)NCCN1CCOCC1. The van der Waals surface area contributed by atoms with Crippen LogP contribution < -0.4 is 5.32 Å². The molecule has 21 heavy (non-hydrogen) atoms. The number of thioether (sulfide) groups is 1. The van der Waals surface area contributed by atoms with Gasteiger partial charge in [0.25, 0.3) is 5.91 Å². The van der Waals surface area contributed by atoms with Crippen molar-refractivity contribution in [1.82, 2.24) is 10.2 Å². The molecule has 1 aliphatic heterocycles. The zero-order chi connectivity index (χ0) is 15.1. The largest absolute Gasteiger partial charge is 0.379 e. The number of nitrogens with zero attached hydrogens (tertiary/aromatic N) is 1. The molecule has 0 bridgehead atoms. The van der Waals surface area contributed by atoms with E-state index in [9.17, 15) is 4.79 Å². The van der Waals surface area contributed by atoms with Gasteiger partial charge in [0, 0.05) is 36.3 Å². The minimum Gasteiger partial charge on any atom is -0.379 e. The lowest BCUT2D eigenvalue weighted by atomic mass is 10.2. The zero-order valence-electron chi connectivity index (χ0n) is 12.8. The molecule has 0 aliphatic carbocycles. The summed E-state index contributed by atoms with van der Waals surface area (Å²) in [6.45, 7) is 9.33. The van der Waals surface area contributed by atoms with Crippen molar-refractivity contribution >= 4 is 17.7 Å². The number of morpholine rings is 1. The third-order valence-corrected chi connectivity index (χ3v) is 4.39. The number of hydrogen-bond donors (Lipinski definition) is 1. The molecule has 4 nitrogen and oxygen atoms in total. The van der Waals surface area contributed by atoms with Gasteiger partial charge in [0.1, 0.15) is 0 Å². The first kappa shape index (κ1) is 16.3. The Morgan fingerprint density at radius 2 is 2.05 bits per heavy atom. The van der Waals surface area contributed by atoms with Crippen molar-refractivity contribution in [2.45, 2.75) is 24.0 Å². The fraction of sp³-hybridized carbons (Fsp3) is 0.562. The second kappa shape index (κ2) is 8.41. The van der Waals surface area contributed by atoms with Gasteiger partial charge in [-0.1, -0.05) is 26.0 Å². The predicted octanol–water partition coefficient (Wildman–Crippen LogP) is 2.25. The van der Waals surface area contributed by atoms with E-state index < -0.39 is 0 Å². The lowest BCUT2D eigenvalue weighted by molar-refractivity contribution is 0.0383. The van der Waals surface area contributed by atoms with Crippen LogP contribution in [-0.4, -0.2) is 55.4 Å².